The number of pyridine rings is 1. The Morgan fingerprint density at radius 3 is 2.58 bits per heavy atom. The van der Waals surface area contributed by atoms with Gasteiger partial charge in [0, 0.05) is 17.5 Å². The van der Waals surface area contributed by atoms with Crippen molar-refractivity contribution < 1.29 is 0 Å². The molecule has 2 nitrogen and oxygen atoms in total. The van der Waals surface area contributed by atoms with Crippen molar-refractivity contribution in [3.63, 3.8) is 0 Å². The molecule has 0 aliphatic heterocycles. The summed E-state index contributed by atoms with van der Waals surface area (Å²) in [7, 11) is 0. The topological polar surface area (TPSA) is 24.9 Å². The van der Waals surface area contributed by atoms with Crippen LogP contribution < -0.4 is 5.32 Å². The van der Waals surface area contributed by atoms with Crippen LogP contribution in [0.2, 0.25) is 0 Å². The minimum Gasteiger partial charge on any atom is -0.370 e. The number of aromatic nitrogens is 1. The highest BCUT2D eigenvalue weighted by Crippen LogP contribution is 2.32. The predicted octanol–water partition coefficient (Wildman–Crippen LogP) is 4.66. The lowest BCUT2D eigenvalue weighted by Gasteiger charge is -2.23. The van der Waals surface area contributed by atoms with Gasteiger partial charge >= 0.3 is 0 Å². The van der Waals surface area contributed by atoms with Crippen molar-refractivity contribution in [3.05, 3.63) is 35.4 Å². The Labute approximate surface area is 116 Å². The molecule has 2 aromatic rings. The zero-order chi connectivity index (χ0) is 14.0. The summed E-state index contributed by atoms with van der Waals surface area (Å²) in [5.41, 5.74) is 3.73. The van der Waals surface area contributed by atoms with E-state index in [1.165, 1.54) is 16.5 Å². The van der Waals surface area contributed by atoms with Gasteiger partial charge < -0.3 is 5.32 Å². The molecule has 102 valence electrons. The van der Waals surface area contributed by atoms with Gasteiger partial charge in [-0.3, -0.25) is 0 Å². The van der Waals surface area contributed by atoms with Gasteiger partial charge in [-0.2, -0.15) is 0 Å². The standard InChI is InChI=1S/C17H24N2/c1-6-10-18-16-14(17(3,4)5)11-13-9-7-8-12(2)15(13)19-16/h7-9,11H,6,10H2,1-5H3,(H,18,19). The van der Waals surface area contributed by atoms with Crippen molar-refractivity contribution in [2.45, 2.75) is 46.5 Å². The maximum absolute atomic E-state index is 4.87. The molecular weight excluding hydrogens is 232 g/mol. The smallest absolute Gasteiger partial charge is 0.130 e. The van der Waals surface area contributed by atoms with E-state index in [-0.39, 0.29) is 5.41 Å². The molecule has 0 fully saturated rings. The van der Waals surface area contributed by atoms with Crippen LogP contribution in [0.5, 0.6) is 0 Å². The average Bonchev–Trinajstić information content (AvgIpc) is 2.35. The third kappa shape index (κ3) is 2.89. The van der Waals surface area contributed by atoms with Crippen LogP contribution >= 0.6 is 0 Å². The number of fused-ring (bicyclic) bond motifs is 1. The first-order valence-corrected chi connectivity index (χ1v) is 7.08. The van der Waals surface area contributed by atoms with Crippen LogP contribution in [0.3, 0.4) is 0 Å². The van der Waals surface area contributed by atoms with Gasteiger partial charge in [-0.25, -0.2) is 4.98 Å². The molecule has 19 heavy (non-hydrogen) atoms. The number of para-hydroxylation sites is 1. The number of hydrogen-bond donors (Lipinski definition) is 1. The van der Waals surface area contributed by atoms with Crippen molar-refractivity contribution in [2.24, 2.45) is 0 Å². The van der Waals surface area contributed by atoms with Gasteiger partial charge in [-0.05, 0) is 30.4 Å². The van der Waals surface area contributed by atoms with Crippen LogP contribution in [0.25, 0.3) is 10.9 Å². The molecule has 0 unspecified atom stereocenters. The molecule has 1 aromatic carbocycles. The van der Waals surface area contributed by atoms with E-state index in [1.54, 1.807) is 0 Å². The largest absolute Gasteiger partial charge is 0.370 e. The van der Waals surface area contributed by atoms with Gasteiger partial charge in [0.1, 0.15) is 5.82 Å². The van der Waals surface area contributed by atoms with Crippen LogP contribution in [0.1, 0.15) is 45.2 Å². The van der Waals surface area contributed by atoms with Crippen molar-refractivity contribution >= 4 is 16.7 Å². The van der Waals surface area contributed by atoms with Gasteiger partial charge in [0.05, 0.1) is 5.52 Å². The summed E-state index contributed by atoms with van der Waals surface area (Å²) < 4.78 is 0. The van der Waals surface area contributed by atoms with Gasteiger partial charge in [0.25, 0.3) is 0 Å². The molecule has 0 aliphatic rings. The molecule has 1 heterocycles. The van der Waals surface area contributed by atoms with Crippen molar-refractivity contribution in [3.8, 4) is 0 Å². The summed E-state index contributed by atoms with van der Waals surface area (Å²) in [6.45, 7) is 12.0. The molecule has 0 saturated carbocycles. The van der Waals surface area contributed by atoms with E-state index in [0.717, 1.165) is 24.3 Å². The first-order valence-electron chi connectivity index (χ1n) is 7.08. The Morgan fingerprint density at radius 2 is 1.95 bits per heavy atom. The third-order valence-electron chi connectivity index (χ3n) is 3.40. The summed E-state index contributed by atoms with van der Waals surface area (Å²) >= 11 is 0. The number of rotatable bonds is 3. The second-order valence-corrected chi connectivity index (χ2v) is 6.21. The van der Waals surface area contributed by atoms with Crippen molar-refractivity contribution in [2.75, 3.05) is 11.9 Å². The number of hydrogen-bond acceptors (Lipinski definition) is 2. The van der Waals surface area contributed by atoms with Gasteiger partial charge in [-0.1, -0.05) is 45.9 Å². The molecule has 1 N–H and O–H groups in total. The Kier molecular flexibility index (Phi) is 3.79. The fourth-order valence-electron chi connectivity index (χ4n) is 2.30. The van der Waals surface area contributed by atoms with Gasteiger partial charge in [0.15, 0.2) is 0 Å². The quantitative estimate of drug-likeness (QED) is 0.863. The first-order chi connectivity index (χ1) is 8.93. The molecule has 0 aliphatic carbocycles. The Bertz CT molecular complexity index is 580. The van der Waals surface area contributed by atoms with E-state index in [0.29, 0.717) is 0 Å². The molecular formula is C17H24N2. The Balaban J connectivity index is 2.63. The minimum absolute atomic E-state index is 0.0982. The number of nitrogens with zero attached hydrogens (tertiary/aromatic N) is 1. The van der Waals surface area contributed by atoms with Crippen LogP contribution in [0, 0.1) is 6.92 Å². The monoisotopic (exact) mass is 256 g/mol. The summed E-state index contributed by atoms with van der Waals surface area (Å²) in [4.78, 5) is 4.87. The van der Waals surface area contributed by atoms with Crippen LogP contribution in [0.15, 0.2) is 24.3 Å². The third-order valence-corrected chi connectivity index (χ3v) is 3.40. The number of anilines is 1. The van der Waals surface area contributed by atoms with E-state index in [4.69, 9.17) is 4.98 Å². The van der Waals surface area contributed by atoms with Gasteiger partial charge in [0.2, 0.25) is 0 Å². The lowest BCUT2D eigenvalue weighted by Crippen LogP contribution is -2.16. The summed E-state index contributed by atoms with van der Waals surface area (Å²) in [6, 6.07) is 8.65. The molecule has 2 rings (SSSR count). The molecule has 0 spiro atoms. The van der Waals surface area contributed by atoms with Crippen molar-refractivity contribution in [1.29, 1.82) is 0 Å². The SMILES string of the molecule is CCCNc1nc2c(C)cccc2cc1C(C)(C)C. The van der Waals surface area contributed by atoms with Crippen molar-refractivity contribution in [1.82, 2.24) is 4.98 Å². The zero-order valence-electron chi connectivity index (χ0n) is 12.7. The molecule has 0 atom stereocenters. The fraction of sp³-hybridized carbons (Fsp3) is 0.471. The minimum atomic E-state index is 0.0982. The molecule has 2 heteroatoms. The Morgan fingerprint density at radius 1 is 1.21 bits per heavy atom. The van der Waals surface area contributed by atoms with E-state index >= 15 is 0 Å². The number of aryl methyl sites for hydroxylation is 1. The van der Waals surface area contributed by atoms with E-state index in [2.05, 4.69) is 64.2 Å². The first kappa shape index (κ1) is 13.9. The van der Waals surface area contributed by atoms with Gasteiger partial charge in [-0.15, -0.1) is 0 Å². The van der Waals surface area contributed by atoms with E-state index < -0.39 is 0 Å². The highest BCUT2D eigenvalue weighted by atomic mass is 15.0. The summed E-state index contributed by atoms with van der Waals surface area (Å²) in [5.74, 6) is 1.04. The second kappa shape index (κ2) is 5.20. The molecule has 1 aromatic heterocycles. The molecule has 0 amide bonds. The molecule has 0 bridgehead atoms. The summed E-state index contributed by atoms with van der Waals surface area (Å²) in [6.07, 6.45) is 1.11. The fourth-order valence-corrected chi connectivity index (χ4v) is 2.30. The van der Waals surface area contributed by atoms with Crippen LogP contribution in [-0.2, 0) is 5.41 Å². The summed E-state index contributed by atoms with van der Waals surface area (Å²) in [5, 5.41) is 4.71. The maximum atomic E-state index is 4.87. The highest BCUT2D eigenvalue weighted by molar-refractivity contribution is 5.84. The predicted molar refractivity (Wildman–Crippen MR) is 84.0 cm³/mol. The highest BCUT2D eigenvalue weighted by Gasteiger charge is 2.20. The normalized spacial score (nSPS) is 11.8. The molecule has 0 radical (unpaired) electrons. The average molecular weight is 256 g/mol. The number of nitrogens with one attached hydrogen (secondary N) is 1. The van der Waals surface area contributed by atoms with E-state index in [9.17, 15) is 0 Å². The second-order valence-electron chi connectivity index (χ2n) is 6.21. The lowest BCUT2D eigenvalue weighted by atomic mass is 9.86. The molecule has 0 saturated heterocycles. The van der Waals surface area contributed by atoms with Crippen LogP contribution in [0.4, 0.5) is 5.82 Å². The van der Waals surface area contributed by atoms with E-state index in [1.807, 2.05) is 0 Å². The lowest BCUT2D eigenvalue weighted by molar-refractivity contribution is 0.590. The maximum Gasteiger partial charge on any atom is 0.130 e. The number of benzene rings is 1. The zero-order valence-corrected chi connectivity index (χ0v) is 12.7. The Hall–Kier alpha value is -1.57. The van der Waals surface area contributed by atoms with Crippen LogP contribution in [-0.4, -0.2) is 11.5 Å².